The van der Waals surface area contributed by atoms with E-state index in [1.54, 1.807) is 19.1 Å². The van der Waals surface area contributed by atoms with Crippen LogP contribution in [-0.2, 0) is 16.6 Å². The molecule has 144 valence electrons. The molecule has 1 atom stereocenters. The van der Waals surface area contributed by atoms with Crippen LogP contribution in [0.25, 0.3) is 0 Å². The molecule has 2 amide bonds. The Kier molecular flexibility index (Phi) is 5.52. The quantitative estimate of drug-likeness (QED) is 0.716. The first kappa shape index (κ1) is 19.0. The van der Waals surface area contributed by atoms with Crippen LogP contribution < -0.4 is 25.2 Å². The van der Waals surface area contributed by atoms with Crippen molar-refractivity contribution in [3.05, 3.63) is 53.6 Å². The van der Waals surface area contributed by atoms with Gasteiger partial charge in [0.1, 0.15) is 13.2 Å². The maximum Gasteiger partial charge on any atom is 0.315 e. The van der Waals surface area contributed by atoms with Gasteiger partial charge in [-0.2, -0.15) is 0 Å². The highest BCUT2D eigenvalue weighted by Gasteiger charge is 2.14. The summed E-state index contributed by atoms with van der Waals surface area (Å²) in [6, 6.07) is 10.9. The lowest BCUT2D eigenvalue weighted by atomic mass is 10.1. The predicted molar refractivity (Wildman–Crippen MR) is 99.0 cm³/mol. The van der Waals surface area contributed by atoms with Crippen LogP contribution in [0, 0.1) is 0 Å². The Hall–Kier alpha value is -2.78. The van der Waals surface area contributed by atoms with Gasteiger partial charge in [0.15, 0.2) is 11.5 Å². The number of hydrogen-bond acceptors (Lipinski definition) is 5. The van der Waals surface area contributed by atoms with E-state index in [1.807, 2.05) is 18.2 Å². The highest BCUT2D eigenvalue weighted by Crippen LogP contribution is 2.30. The summed E-state index contributed by atoms with van der Waals surface area (Å²) >= 11 is 0. The third-order valence-electron chi connectivity index (χ3n) is 4.09. The van der Waals surface area contributed by atoms with Crippen molar-refractivity contribution < 1.29 is 22.7 Å². The molecule has 3 rings (SSSR count). The molecule has 2 aromatic rings. The maximum absolute atomic E-state index is 12.1. The molecule has 0 aliphatic carbocycles. The van der Waals surface area contributed by atoms with Gasteiger partial charge in [0.25, 0.3) is 0 Å². The zero-order chi connectivity index (χ0) is 19.4. The molecule has 8 nitrogen and oxygen atoms in total. The summed E-state index contributed by atoms with van der Waals surface area (Å²) in [6.45, 7) is 3.09. The van der Waals surface area contributed by atoms with E-state index >= 15 is 0 Å². The van der Waals surface area contributed by atoms with E-state index in [0.29, 0.717) is 36.8 Å². The fourth-order valence-electron chi connectivity index (χ4n) is 2.67. The maximum atomic E-state index is 12.1. The van der Waals surface area contributed by atoms with Crippen LogP contribution >= 0.6 is 0 Å². The number of hydrogen-bond donors (Lipinski definition) is 3. The Labute approximate surface area is 157 Å². The number of rotatable bonds is 5. The van der Waals surface area contributed by atoms with Gasteiger partial charge < -0.3 is 20.1 Å². The van der Waals surface area contributed by atoms with E-state index in [0.717, 1.165) is 5.56 Å². The minimum Gasteiger partial charge on any atom is -0.486 e. The minimum absolute atomic E-state index is 0.00494. The molecule has 0 saturated heterocycles. The van der Waals surface area contributed by atoms with Gasteiger partial charge in [0, 0.05) is 6.54 Å². The molecule has 2 aromatic carbocycles. The number of ether oxygens (including phenoxy) is 2. The van der Waals surface area contributed by atoms with Crippen LogP contribution in [-0.4, -0.2) is 27.7 Å². The summed E-state index contributed by atoms with van der Waals surface area (Å²) < 4.78 is 33.9. The number of amides is 2. The fraction of sp³-hybridized carbons (Fsp3) is 0.278. The summed E-state index contributed by atoms with van der Waals surface area (Å²) in [6.07, 6.45) is 0. The number of urea groups is 1. The smallest absolute Gasteiger partial charge is 0.315 e. The van der Waals surface area contributed by atoms with Gasteiger partial charge in [-0.3, -0.25) is 0 Å². The molecule has 0 saturated carbocycles. The molecule has 0 fully saturated rings. The first-order valence-electron chi connectivity index (χ1n) is 8.38. The highest BCUT2D eigenvalue weighted by atomic mass is 32.2. The SMILES string of the molecule is CC(NC(=O)NCc1ccc2c(c1)OCCO2)c1cccc(S(N)(=O)=O)c1. The number of benzene rings is 2. The second-order valence-electron chi connectivity index (χ2n) is 6.14. The van der Waals surface area contributed by atoms with Gasteiger partial charge in [-0.25, -0.2) is 18.4 Å². The van der Waals surface area contributed by atoms with Crippen molar-refractivity contribution >= 4 is 16.1 Å². The number of primary sulfonamides is 1. The van der Waals surface area contributed by atoms with Gasteiger partial charge in [-0.1, -0.05) is 18.2 Å². The summed E-state index contributed by atoms with van der Waals surface area (Å²) in [5, 5.41) is 10.7. The Balaban J connectivity index is 1.58. The normalized spacial score (nSPS) is 14.3. The lowest BCUT2D eigenvalue weighted by Gasteiger charge is -2.19. The lowest BCUT2D eigenvalue weighted by molar-refractivity contribution is 0.171. The molecule has 1 heterocycles. The van der Waals surface area contributed by atoms with E-state index in [-0.39, 0.29) is 10.9 Å². The topological polar surface area (TPSA) is 120 Å². The molecule has 1 aliphatic rings. The van der Waals surface area contributed by atoms with Crippen LogP contribution in [0.5, 0.6) is 11.5 Å². The molecule has 1 unspecified atom stereocenters. The predicted octanol–water partition coefficient (Wildman–Crippen LogP) is 1.67. The Bertz CT molecular complexity index is 946. The van der Waals surface area contributed by atoms with E-state index in [2.05, 4.69) is 10.6 Å². The number of nitrogens with two attached hydrogens (primary N) is 1. The number of fused-ring (bicyclic) bond motifs is 1. The number of nitrogens with one attached hydrogen (secondary N) is 2. The van der Waals surface area contributed by atoms with E-state index in [1.165, 1.54) is 12.1 Å². The Morgan fingerprint density at radius 2 is 1.89 bits per heavy atom. The van der Waals surface area contributed by atoms with Gasteiger partial charge >= 0.3 is 6.03 Å². The molecular weight excluding hydrogens is 370 g/mol. The molecule has 9 heteroatoms. The summed E-state index contributed by atoms with van der Waals surface area (Å²) in [5.41, 5.74) is 1.51. The molecule has 0 bridgehead atoms. The summed E-state index contributed by atoms with van der Waals surface area (Å²) in [5.74, 6) is 1.35. The van der Waals surface area contributed by atoms with Crippen LogP contribution in [0.3, 0.4) is 0 Å². The zero-order valence-electron chi connectivity index (χ0n) is 14.8. The minimum atomic E-state index is -3.79. The average molecular weight is 391 g/mol. The van der Waals surface area contributed by atoms with Gasteiger partial charge in [0.05, 0.1) is 10.9 Å². The lowest BCUT2D eigenvalue weighted by Crippen LogP contribution is -2.36. The molecular formula is C18H21N3O5S. The summed E-state index contributed by atoms with van der Waals surface area (Å²) in [7, 11) is -3.79. The summed E-state index contributed by atoms with van der Waals surface area (Å²) in [4.78, 5) is 12.2. The average Bonchev–Trinajstić information content (AvgIpc) is 2.65. The van der Waals surface area contributed by atoms with Crippen LogP contribution in [0.15, 0.2) is 47.4 Å². The van der Waals surface area contributed by atoms with Crippen molar-refractivity contribution in [2.24, 2.45) is 5.14 Å². The van der Waals surface area contributed by atoms with Crippen molar-refractivity contribution in [3.63, 3.8) is 0 Å². The number of carbonyl (C=O) groups excluding carboxylic acids is 1. The fourth-order valence-corrected chi connectivity index (χ4v) is 3.24. The van der Waals surface area contributed by atoms with Gasteiger partial charge in [-0.15, -0.1) is 0 Å². The van der Waals surface area contributed by atoms with Crippen molar-refractivity contribution in [2.75, 3.05) is 13.2 Å². The van der Waals surface area contributed by atoms with Crippen molar-refractivity contribution in [1.29, 1.82) is 0 Å². The number of carbonyl (C=O) groups is 1. The third-order valence-corrected chi connectivity index (χ3v) is 5.00. The zero-order valence-corrected chi connectivity index (χ0v) is 15.6. The number of sulfonamides is 1. The molecule has 1 aliphatic heterocycles. The molecule has 0 radical (unpaired) electrons. The van der Waals surface area contributed by atoms with Crippen molar-refractivity contribution in [2.45, 2.75) is 24.4 Å². The Morgan fingerprint density at radius 1 is 1.15 bits per heavy atom. The molecule has 0 aromatic heterocycles. The highest BCUT2D eigenvalue weighted by molar-refractivity contribution is 7.89. The van der Waals surface area contributed by atoms with Crippen molar-refractivity contribution in [1.82, 2.24) is 10.6 Å². The van der Waals surface area contributed by atoms with Crippen LogP contribution in [0.1, 0.15) is 24.1 Å². The largest absolute Gasteiger partial charge is 0.486 e. The van der Waals surface area contributed by atoms with Gasteiger partial charge in [-0.05, 0) is 42.3 Å². The van der Waals surface area contributed by atoms with Crippen molar-refractivity contribution in [3.8, 4) is 11.5 Å². The molecule has 4 N–H and O–H groups in total. The van der Waals surface area contributed by atoms with Crippen LogP contribution in [0.2, 0.25) is 0 Å². The first-order chi connectivity index (χ1) is 12.8. The van der Waals surface area contributed by atoms with E-state index in [9.17, 15) is 13.2 Å². The van der Waals surface area contributed by atoms with Crippen LogP contribution in [0.4, 0.5) is 4.79 Å². The molecule has 27 heavy (non-hydrogen) atoms. The Morgan fingerprint density at radius 3 is 2.63 bits per heavy atom. The van der Waals surface area contributed by atoms with E-state index in [4.69, 9.17) is 14.6 Å². The van der Waals surface area contributed by atoms with Gasteiger partial charge in [0.2, 0.25) is 10.0 Å². The second-order valence-corrected chi connectivity index (χ2v) is 7.71. The first-order valence-corrected chi connectivity index (χ1v) is 9.93. The second kappa shape index (κ2) is 7.85. The third kappa shape index (κ3) is 4.89. The molecule has 0 spiro atoms. The monoisotopic (exact) mass is 391 g/mol. The standard InChI is InChI=1S/C18H21N3O5S/c1-12(14-3-2-4-15(10-14)27(19,23)24)21-18(22)20-11-13-5-6-16-17(9-13)26-8-7-25-16/h2-6,9-10,12H,7-8,11H2,1H3,(H2,19,23,24)(H2,20,21,22). The van der Waals surface area contributed by atoms with E-state index < -0.39 is 16.1 Å².